The molecule has 3 amide bonds. The molecule has 0 aliphatic heterocycles. The van der Waals surface area contributed by atoms with Crippen molar-refractivity contribution in [2.75, 3.05) is 35.2 Å². The quantitative estimate of drug-likeness (QED) is 0.233. The number of hydrogen-bond acceptors (Lipinski definition) is 5. The van der Waals surface area contributed by atoms with Crippen molar-refractivity contribution in [2.45, 2.75) is 50.7 Å². The van der Waals surface area contributed by atoms with Crippen LogP contribution >= 0.6 is 0 Å². The lowest BCUT2D eigenvalue weighted by atomic mass is 9.98. The van der Waals surface area contributed by atoms with Gasteiger partial charge >= 0.3 is 0 Å². The molecular formula is C36H47N5O3. The Labute approximate surface area is 262 Å². The number of amides is 3. The molecule has 44 heavy (non-hydrogen) atoms. The molecule has 0 saturated carbocycles. The first kappa shape index (κ1) is 34.2. The third kappa shape index (κ3) is 9.62. The number of nitrogens with zero attached hydrogens (tertiary/aromatic N) is 4. The number of hydrazine groups is 1. The summed E-state index contributed by atoms with van der Waals surface area (Å²) in [5.41, 5.74) is 9.63. The Morgan fingerprint density at radius 2 is 1.16 bits per heavy atom. The lowest BCUT2D eigenvalue weighted by Crippen LogP contribution is -2.57. The van der Waals surface area contributed by atoms with Crippen LogP contribution in [0.5, 0.6) is 0 Å². The van der Waals surface area contributed by atoms with Crippen molar-refractivity contribution in [2.24, 2.45) is 5.73 Å². The van der Waals surface area contributed by atoms with Gasteiger partial charge in [-0.3, -0.25) is 19.4 Å². The van der Waals surface area contributed by atoms with E-state index in [9.17, 15) is 14.4 Å². The molecule has 0 spiro atoms. The van der Waals surface area contributed by atoms with Crippen molar-refractivity contribution in [1.29, 1.82) is 0 Å². The molecule has 3 aromatic carbocycles. The molecule has 2 N–H and O–H groups in total. The van der Waals surface area contributed by atoms with Gasteiger partial charge in [0.25, 0.3) is 5.91 Å². The second-order valence-corrected chi connectivity index (χ2v) is 12.2. The molecule has 0 aliphatic rings. The first-order valence-corrected chi connectivity index (χ1v) is 14.9. The Balaban J connectivity index is 1.95. The zero-order valence-electron chi connectivity index (χ0n) is 27.1. The molecule has 2 atom stereocenters. The average molecular weight is 598 g/mol. The lowest BCUT2D eigenvalue weighted by molar-refractivity contribution is -0.154. The average Bonchev–Trinajstić information content (AvgIpc) is 3.01. The van der Waals surface area contributed by atoms with Crippen molar-refractivity contribution in [3.63, 3.8) is 0 Å². The maximum absolute atomic E-state index is 14.3. The number of hydrogen-bond donors (Lipinski definition) is 1. The van der Waals surface area contributed by atoms with Crippen LogP contribution < -0.4 is 5.73 Å². The van der Waals surface area contributed by atoms with E-state index in [1.54, 1.807) is 46.3 Å². The summed E-state index contributed by atoms with van der Waals surface area (Å²) in [5, 5.41) is 3.19. The maximum atomic E-state index is 14.3. The van der Waals surface area contributed by atoms with Crippen LogP contribution in [0.4, 0.5) is 0 Å². The van der Waals surface area contributed by atoms with Gasteiger partial charge in [-0.15, -0.1) is 0 Å². The summed E-state index contributed by atoms with van der Waals surface area (Å²) in [5.74, 6) is -0.847. The van der Waals surface area contributed by atoms with Crippen LogP contribution in [0.15, 0.2) is 97.1 Å². The standard InChI is InChI=1S/C36H47N5O3/c1-36(2,37)24-14-19-33(42)39(5)31(26-28-20-22-30(23-21-28)29-17-12-9-13-18-29)34(43)40(6)32(35(44)41(7)38(3)4)25-27-15-10-8-11-16-27/h8-23,31-32H,24-26,37H2,1-7H3/b19-14-/t31-,32-/m1/s1. The zero-order valence-corrected chi connectivity index (χ0v) is 27.1. The summed E-state index contributed by atoms with van der Waals surface area (Å²) in [7, 11) is 8.53. The normalized spacial score (nSPS) is 13.0. The van der Waals surface area contributed by atoms with Gasteiger partial charge in [0.1, 0.15) is 12.1 Å². The van der Waals surface area contributed by atoms with Crippen LogP contribution in [0, 0.1) is 0 Å². The largest absolute Gasteiger partial charge is 0.332 e. The van der Waals surface area contributed by atoms with Crippen LogP contribution in [0.1, 0.15) is 31.4 Å². The molecule has 3 rings (SSSR count). The zero-order chi connectivity index (χ0) is 32.4. The summed E-state index contributed by atoms with van der Waals surface area (Å²) in [6.45, 7) is 3.78. The van der Waals surface area contributed by atoms with E-state index in [0.717, 1.165) is 22.3 Å². The Bertz CT molecular complexity index is 1400. The Kier molecular flexibility index (Phi) is 12.0. The number of benzene rings is 3. The molecule has 0 heterocycles. The van der Waals surface area contributed by atoms with Gasteiger partial charge in [0.05, 0.1) is 0 Å². The fourth-order valence-electron chi connectivity index (χ4n) is 4.84. The van der Waals surface area contributed by atoms with Gasteiger partial charge in [-0.25, -0.2) is 5.01 Å². The van der Waals surface area contributed by atoms with Gasteiger partial charge < -0.3 is 15.5 Å². The molecule has 0 bridgehead atoms. The minimum absolute atomic E-state index is 0.222. The van der Waals surface area contributed by atoms with Crippen LogP contribution in [0.25, 0.3) is 11.1 Å². The second kappa shape index (κ2) is 15.5. The number of carbonyl (C=O) groups is 3. The summed E-state index contributed by atoms with van der Waals surface area (Å²) in [6.07, 6.45) is 4.34. The molecule has 0 unspecified atom stereocenters. The number of rotatable bonds is 13. The minimum atomic E-state index is -0.846. The van der Waals surface area contributed by atoms with Gasteiger partial charge in [0.2, 0.25) is 11.8 Å². The summed E-state index contributed by atoms with van der Waals surface area (Å²) in [4.78, 5) is 44.4. The first-order chi connectivity index (χ1) is 20.8. The van der Waals surface area contributed by atoms with Gasteiger partial charge in [-0.1, -0.05) is 91.0 Å². The summed E-state index contributed by atoms with van der Waals surface area (Å²) in [6, 6.07) is 26.1. The van der Waals surface area contributed by atoms with Crippen molar-refractivity contribution >= 4 is 17.7 Å². The molecule has 0 radical (unpaired) electrons. The number of carbonyl (C=O) groups excluding carboxylic acids is 3. The molecule has 8 nitrogen and oxygen atoms in total. The smallest absolute Gasteiger partial charge is 0.259 e. The van der Waals surface area contributed by atoms with E-state index in [0.29, 0.717) is 12.8 Å². The molecule has 0 aromatic heterocycles. The van der Waals surface area contributed by atoms with Crippen LogP contribution in [-0.4, -0.2) is 90.4 Å². The second-order valence-electron chi connectivity index (χ2n) is 12.2. The van der Waals surface area contributed by atoms with Gasteiger partial charge in [-0.2, -0.15) is 0 Å². The molecule has 0 saturated heterocycles. The van der Waals surface area contributed by atoms with Crippen molar-refractivity contribution < 1.29 is 14.4 Å². The van der Waals surface area contributed by atoms with E-state index < -0.39 is 17.6 Å². The van der Waals surface area contributed by atoms with E-state index in [1.165, 1.54) is 20.9 Å². The highest BCUT2D eigenvalue weighted by atomic mass is 16.2. The SMILES string of the molecule is CN(C(=O)/C=C\CC(C)(C)N)[C@H](Cc1ccc(-c2ccccc2)cc1)C(=O)N(C)[C@H](Cc1ccccc1)C(=O)N(C)N(C)C. The molecule has 8 heteroatoms. The monoisotopic (exact) mass is 597 g/mol. The molecule has 3 aromatic rings. The van der Waals surface area contributed by atoms with Crippen LogP contribution in [-0.2, 0) is 27.2 Å². The third-order valence-electron chi connectivity index (χ3n) is 7.79. The molecule has 0 aliphatic carbocycles. The van der Waals surface area contributed by atoms with Gasteiger partial charge in [0, 0.05) is 53.6 Å². The third-order valence-corrected chi connectivity index (χ3v) is 7.79. The summed E-state index contributed by atoms with van der Waals surface area (Å²) >= 11 is 0. The highest BCUT2D eigenvalue weighted by molar-refractivity contribution is 5.95. The minimum Gasteiger partial charge on any atom is -0.332 e. The van der Waals surface area contributed by atoms with E-state index in [2.05, 4.69) is 0 Å². The lowest BCUT2D eigenvalue weighted by Gasteiger charge is -2.37. The number of likely N-dealkylation sites (N-methyl/N-ethyl adjacent to an activating group) is 3. The highest BCUT2D eigenvalue weighted by Crippen LogP contribution is 2.22. The van der Waals surface area contributed by atoms with E-state index in [1.807, 2.05) is 98.8 Å². The molecule has 234 valence electrons. The van der Waals surface area contributed by atoms with Crippen LogP contribution in [0.3, 0.4) is 0 Å². The van der Waals surface area contributed by atoms with E-state index >= 15 is 0 Å². The van der Waals surface area contributed by atoms with Crippen molar-refractivity contribution in [3.05, 3.63) is 108 Å². The predicted octanol–water partition coefficient (Wildman–Crippen LogP) is 4.41. The predicted molar refractivity (Wildman–Crippen MR) is 177 cm³/mol. The highest BCUT2D eigenvalue weighted by Gasteiger charge is 2.36. The van der Waals surface area contributed by atoms with Crippen molar-refractivity contribution in [1.82, 2.24) is 19.8 Å². The first-order valence-electron chi connectivity index (χ1n) is 14.9. The maximum Gasteiger partial charge on any atom is 0.259 e. The van der Waals surface area contributed by atoms with Crippen LogP contribution in [0.2, 0.25) is 0 Å². The van der Waals surface area contributed by atoms with Crippen molar-refractivity contribution in [3.8, 4) is 11.1 Å². The van der Waals surface area contributed by atoms with E-state index in [4.69, 9.17) is 5.73 Å². The fourth-order valence-corrected chi connectivity index (χ4v) is 4.84. The Hall–Kier alpha value is -4.27. The van der Waals surface area contributed by atoms with Gasteiger partial charge in [0.15, 0.2) is 0 Å². The number of nitrogens with two attached hydrogens (primary N) is 1. The topological polar surface area (TPSA) is 90.2 Å². The molecular weight excluding hydrogens is 550 g/mol. The summed E-state index contributed by atoms with van der Waals surface area (Å²) < 4.78 is 0. The molecule has 0 fully saturated rings. The Morgan fingerprint density at radius 3 is 1.68 bits per heavy atom. The Morgan fingerprint density at radius 1 is 0.682 bits per heavy atom. The fraction of sp³-hybridized carbons (Fsp3) is 0.361. The van der Waals surface area contributed by atoms with Gasteiger partial charge in [-0.05, 0) is 48.6 Å². The van der Waals surface area contributed by atoms with E-state index in [-0.39, 0.29) is 24.1 Å².